The lowest BCUT2D eigenvalue weighted by Crippen LogP contribution is -2.38. The van der Waals surface area contributed by atoms with Crippen molar-refractivity contribution in [2.75, 3.05) is 4.90 Å². The smallest absolute Gasteiger partial charge is 0.146 e. The van der Waals surface area contributed by atoms with Gasteiger partial charge in [-0.15, -0.1) is 0 Å². The van der Waals surface area contributed by atoms with E-state index >= 15 is 0 Å². The Morgan fingerprint density at radius 2 is 0.852 bits per heavy atom. The number of para-hydroxylation sites is 1. The average Bonchev–Trinajstić information content (AvgIpc) is 3.78. The van der Waals surface area contributed by atoms with Gasteiger partial charge in [-0.05, 0) is 129 Å². The highest BCUT2D eigenvalue weighted by Gasteiger charge is 2.31. The van der Waals surface area contributed by atoms with Gasteiger partial charge in [0.25, 0.3) is 0 Å². The first-order valence-corrected chi connectivity index (χ1v) is 18.6. The average molecular weight is 702 g/mol. The zero-order valence-corrected chi connectivity index (χ0v) is 31.3. The molecule has 0 radical (unpaired) electrons. The minimum Gasteiger partial charge on any atom is -0.304 e. The normalized spacial score (nSPS) is 16.6. The lowest BCUT2D eigenvalue weighted by molar-refractivity contribution is 0.549. The summed E-state index contributed by atoms with van der Waals surface area (Å²) in [5, 5.41) is 9.97. The molecule has 0 fully saturated rings. The molecule has 0 aliphatic carbocycles. The third kappa shape index (κ3) is 5.25. The van der Waals surface area contributed by atoms with Gasteiger partial charge in [0.2, 0.25) is 0 Å². The first-order valence-electron chi connectivity index (χ1n) is 18.6. The molecule has 3 aliphatic rings. The minimum absolute atomic E-state index is 0.583. The van der Waals surface area contributed by atoms with Crippen LogP contribution >= 0.6 is 0 Å². The van der Waals surface area contributed by atoms with E-state index in [0.717, 1.165) is 71.5 Å². The van der Waals surface area contributed by atoms with Crippen molar-refractivity contribution in [3.05, 3.63) is 160 Å². The lowest BCUT2D eigenvalue weighted by Gasteiger charge is -2.26. The van der Waals surface area contributed by atoms with Gasteiger partial charge in [-0.3, -0.25) is 30.0 Å². The second-order valence-electron chi connectivity index (χ2n) is 15.9. The number of benzene rings is 7. The predicted octanol–water partition coefficient (Wildman–Crippen LogP) is 7.76. The molecular formula is C47H39N7. The Labute approximate surface area is 312 Å². The number of fused-ring (bicyclic) bond motifs is 5. The molecule has 0 atom stereocenters. The summed E-state index contributed by atoms with van der Waals surface area (Å²) >= 11 is 0. The first-order chi connectivity index (χ1) is 25.9. The molecule has 10 rings (SSSR count). The maximum atomic E-state index is 5.34. The Morgan fingerprint density at radius 1 is 0.352 bits per heavy atom. The van der Waals surface area contributed by atoms with Crippen molar-refractivity contribution in [1.82, 2.24) is 0 Å². The van der Waals surface area contributed by atoms with Crippen LogP contribution < -0.4 is 37.0 Å². The lowest BCUT2D eigenvalue weighted by atomic mass is 9.97. The van der Waals surface area contributed by atoms with Crippen LogP contribution in [0.15, 0.2) is 157 Å². The van der Waals surface area contributed by atoms with Crippen molar-refractivity contribution in [3.63, 3.8) is 0 Å². The summed E-state index contributed by atoms with van der Waals surface area (Å²) in [6.45, 7) is 12.3. The number of anilines is 3. The zero-order valence-electron chi connectivity index (χ0n) is 31.3. The van der Waals surface area contributed by atoms with Crippen LogP contribution in [0.2, 0.25) is 0 Å². The van der Waals surface area contributed by atoms with E-state index in [1.807, 2.05) is 26.0 Å². The SMILES string of the molecule is CC1(C)N=c2cccc(N(c3ccc(-c4ccccc4)c4c3=NC(C)(C)N=4)c3ccc(-c4ccc5cc6ccccc6cc5c4)c4c3=NC(C)(C)N=4)c2=N1. The second kappa shape index (κ2) is 11.3. The van der Waals surface area contributed by atoms with E-state index in [1.165, 1.54) is 21.5 Å². The number of nitrogens with zero attached hydrogens (tertiary/aromatic N) is 7. The molecule has 262 valence electrons. The van der Waals surface area contributed by atoms with Crippen LogP contribution in [0, 0.1) is 0 Å². The molecule has 7 aromatic rings. The summed E-state index contributed by atoms with van der Waals surface area (Å²) in [5.74, 6) is 0. The van der Waals surface area contributed by atoms with Gasteiger partial charge < -0.3 is 4.90 Å². The molecule has 0 amide bonds. The van der Waals surface area contributed by atoms with Gasteiger partial charge in [-0.2, -0.15) is 0 Å². The van der Waals surface area contributed by atoms with E-state index in [4.69, 9.17) is 30.0 Å². The second-order valence-corrected chi connectivity index (χ2v) is 15.9. The molecule has 0 unspecified atom stereocenters. The van der Waals surface area contributed by atoms with Gasteiger partial charge in [0.05, 0.1) is 33.1 Å². The number of hydrogen-bond donors (Lipinski definition) is 0. The largest absolute Gasteiger partial charge is 0.304 e. The van der Waals surface area contributed by atoms with Gasteiger partial charge in [0.15, 0.2) is 0 Å². The summed E-state index contributed by atoms with van der Waals surface area (Å²) in [4.78, 5) is 33.5. The highest BCUT2D eigenvalue weighted by Crippen LogP contribution is 2.33. The van der Waals surface area contributed by atoms with Crippen molar-refractivity contribution >= 4 is 38.6 Å². The molecule has 0 saturated heterocycles. The molecule has 3 aliphatic heterocycles. The fourth-order valence-corrected chi connectivity index (χ4v) is 8.17. The monoisotopic (exact) mass is 701 g/mol. The van der Waals surface area contributed by atoms with Crippen LogP contribution in [-0.2, 0) is 0 Å². The minimum atomic E-state index is -0.660. The molecule has 0 N–H and O–H groups in total. The fourth-order valence-electron chi connectivity index (χ4n) is 8.17. The third-order valence-electron chi connectivity index (χ3n) is 10.4. The molecule has 3 heterocycles. The molecule has 0 aromatic heterocycles. The molecule has 7 heteroatoms. The van der Waals surface area contributed by atoms with Crippen LogP contribution in [0.5, 0.6) is 0 Å². The van der Waals surface area contributed by atoms with Crippen LogP contribution in [0.3, 0.4) is 0 Å². The van der Waals surface area contributed by atoms with Gasteiger partial charge in [-0.1, -0.05) is 72.8 Å². The van der Waals surface area contributed by atoms with Crippen LogP contribution in [0.1, 0.15) is 41.5 Å². The van der Waals surface area contributed by atoms with Crippen molar-refractivity contribution < 1.29 is 0 Å². The van der Waals surface area contributed by atoms with E-state index in [9.17, 15) is 0 Å². The summed E-state index contributed by atoms with van der Waals surface area (Å²) < 4.78 is 0. The summed E-state index contributed by atoms with van der Waals surface area (Å²) in [6, 6.07) is 45.1. The number of hydrogen-bond acceptors (Lipinski definition) is 7. The first kappa shape index (κ1) is 32.3. The van der Waals surface area contributed by atoms with Crippen molar-refractivity contribution in [1.29, 1.82) is 0 Å². The number of rotatable bonds is 5. The molecule has 0 spiro atoms. The predicted molar refractivity (Wildman–Crippen MR) is 216 cm³/mol. The molecule has 54 heavy (non-hydrogen) atoms. The van der Waals surface area contributed by atoms with Crippen LogP contribution in [0.4, 0.5) is 17.1 Å². The maximum Gasteiger partial charge on any atom is 0.146 e. The van der Waals surface area contributed by atoms with E-state index < -0.39 is 17.0 Å². The van der Waals surface area contributed by atoms with Crippen molar-refractivity contribution in [3.8, 4) is 22.3 Å². The summed E-state index contributed by atoms with van der Waals surface area (Å²) in [6.07, 6.45) is 0. The van der Waals surface area contributed by atoms with E-state index in [1.54, 1.807) is 0 Å². The third-order valence-corrected chi connectivity index (χ3v) is 10.4. The molecule has 7 nitrogen and oxygen atoms in total. The van der Waals surface area contributed by atoms with E-state index in [0.29, 0.717) is 0 Å². The molecular weight excluding hydrogens is 663 g/mol. The van der Waals surface area contributed by atoms with Crippen molar-refractivity contribution in [2.24, 2.45) is 30.0 Å². The van der Waals surface area contributed by atoms with Crippen molar-refractivity contribution in [2.45, 2.75) is 58.5 Å². The maximum absolute atomic E-state index is 5.34. The molecule has 0 saturated carbocycles. The van der Waals surface area contributed by atoms with Crippen LogP contribution in [0.25, 0.3) is 43.8 Å². The van der Waals surface area contributed by atoms with Gasteiger partial charge >= 0.3 is 0 Å². The van der Waals surface area contributed by atoms with Gasteiger partial charge in [0.1, 0.15) is 33.1 Å². The van der Waals surface area contributed by atoms with E-state index in [2.05, 4.69) is 148 Å². The summed E-state index contributed by atoms with van der Waals surface area (Å²) in [7, 11) is 0. The highest BCUT2D eigenvalue weighted by molar-refractivity contribution is 5.99. The van der Waals surface area contributed by atoms with Gasteiger partial charge in [0, 0.05) is 11.1 Å². The van der Waals surface area contributed by atoms with Crippen LogP contribution in [-0.4, -0.2) is 17.0 Å². The Bertz CT molecular complexity index is 3150. The Balaban J connectivity index is 1.25. The molecule has 7 aromatic carbocycles. The fraction of sp³-hybridized carbons (Fsp3) is 0.191. The molecule has 0 bridgehead atoms. The standard InChI is InChI=1S/C47H39N7/c1-45(2)48-36-17-12-18-37(42(36)51-45)54(38-23-21-34(28-13-8-7-9-14-28)40-43(38)52-46(3,4)49-40)39-24-22-35(41-44(39)53-47(5,6)50-41)32-20-19-31-25-29-15-10-11-16-30(29)26-33(31)27-32/h7-27H,1-6H3. The quantitative estimate of drug-likeness (QED) is 0.169. The highest BCUT2D eigenvalue weighted by atomic mass is 15.2. The van der Waals surface area contributed by atoms with E-state index in [-0.39, 0.29) is 0 Å². The van der Waals surface area contributed by atoms with Gasteiger partial charge in [-0.25, -0.2) is 0 Å². The Hall–Kier alpha value is -6.34. The Kier molecular flexibility index (Phi) is 6.78. The summed E-state index contributed by atoms with van der Waals surface area (Å²) in [5.41, 5.74) is 5.13. The Morgan fingerprint density at radius 3 is 1.50 bits per heavy atom. The zero-order chi connectivity index (χ0) is 37.0. The topological polar surface area (TPSA) is 77.4 Å².